The monoisotopic (exact) mass is 245 g/mol. The summed E-state index contributed by atoms with van der Waals surface area (Å²) in [5.74, 6) is -1.41. The highest BCUT2D eigenvalue weighted by Gasteiger charge is 2.12. The van der Waals surface area contributed by atoms with Gasteiger partial charge in [-0.3, -0.25) is 9.59 Å². The van der Waals surface area contributed by atoms with E-state index in [2.05, 4.69) is 5.32 Å². The van der Waals surface area contributed by atoms with Gasteiger partial charge >= 0.3 is 12.0 Å². The smallest absolute Gasteiger partial charge is 0.317 e. The fourth-order valence-electron chi connectivity index (χ4n) is 1.22. The maximum Gasteiger partial charge on any atom is 0.317 e. The Morgan fingerprint density at radius 1 is 1.29 bits per heavy atom. The van der Waals surface area contributed by atoms with E-state index in [-0.39, 0.29) is 19.0 Å². The highest BCUT2D eigenvalue weighted by Crippen LogP contribution is 1.94. The molecule has 3 amide bonds. The lowest BCUT2D eigenvalue weighted by Gasteiger charge is -2.19. The highest BCUT2D eigenvalue weighted by atomic mass is 16.4. The molecular formula is C10H19N3O4. The summed E-state index contributed by atoms with van der Waals surface area (Å²) in [6, 6.07) is -0.360. The Balaban J connectivity index is 3.75. The number of urea groups is 1. The third kappa shape index (κ3) is 8.06. The first-order valence-electron chi connectivity index (χ1n) is 5.50. The number of primary amides is 1. The van der Waals surface area contributed by atoms with Crippen molar-refractivity contribution in [3.05, 3.63) is 0 Å². The molecule has 0 saturated heterocycles. The van der Waals surface area contributed by atoms with Gasteiger partial charge in [0.05, 0.1) is 0 Å². The second-order valence-corrected chi connectivity index (χ2v) is 3.56. The summed E-state index contributed by atoms with van der Waals surface area (Å²) in [7, 11) is 0. The van der Waals surface area contributed by atoms with Crippen molar-refractivity contribution in [1.82, 2.24) is 10.2 Å². The van der Waals surface area contributed by atoms with E-state index in [1.54, 1.807) is 6.92 Å². The molecule has 0 aromatic rings. The van der Waals surface area contributed by atoms with E-state index < -0.39 is 11.9 Å². The summed E-state index contributed by atoms with van der Waals surface area (Å²) < 4.78 is 0. The zero-order valence-corrected chi connectivity index (χ0v) is 9.94. The molecule has 0 aliphatic heterocycles. The van der Waals surface area contributed by atoms with Crippen molar-refractivity contribution in [2.45, 2.75) is 26.2 Å². The molecule has 0 rings (SSSR count). The molecule has 17 heavy (non-hydrogen) atoms. The molecule has 7 nitrogen and oxygen atoms in total. The number of nitrogens with one attached hydrogen (secondary N) is 1. The van der Waals surface area contributed by atoms with Gasteiger partial charge in [0.2, 0.25) is 5.91 Å². The van der Waals surface area contributed by atoms with Crippen molar-refractivity contribution in [3.63, 3.8) is 0 Å². The Morgan fingerprint density at radius 2 is 1.94 bits per heavy atom. The minimum atomic E-state index is -0.847. The van der Waals surface area contributed by atoms with Crippen molar-refractivity contribution in [1.29, 1.82) is 0 Å². The predicted molar refractivity (Wildman–Crippen MR) is 61.3 cm³/mol. The minimum absolute atomic E-state index is 0.0919. The first kappa shape index (κ1) is 15.2. The second-order valence-electron chi connectivity index (χ2n) is 3.56. The molecule has 0 unspecified atom stereocenters. The lowest BCUT2D eigenvalue weighted by atomic mass is 10.2. The van der Waals surface area contributed by atoms with Crippen LogP contribution in [0.4, 0.5) is 4.79 Å². The van der Waals surface area contributed by atoms with Crippen molar-refractivity contribution in [2.75, 3.05) is 19.6 Å². The molecule has 0 aliphatic rings. The number of amides is 3. The fourth-order valence-corrected chi connectivity index (χ4v) is 1.22. The number of hydrogen-bond donors (Lipinski definition) is 3. The van der Waals surface area contributed by atoms with Crippen molar-refractivity contribution in [3.8, 4) is 0 Å². The summed E-state index contributed by atoms with van der Waals surface area (Å²) >= 11 is 0. The van der Waals surface area contributed by atoms with Gasteiger partial charge in [0, 0.05) is 19.5 Å². The summed E-state index contributed by atoms with van der Waals surface area (Å²) in [5, 5.41) is 11.0. The number of likely N-dealkylation sites (N-methyl/N-ethyl adjacent to an activating group) is 1. The van der Waals surface area contributed by atoms with Crippen LogP contribution in [0, 0.1) is 0 Å². The van der Waals surface area contributed by atoms with E-state index in [1.807, 2.05) is 0 Å². The van der Waals surface area contributed by atoms with Crippen LogP contribution in [0.2, 0.25) is 0 Å². The van der Waals surface area contributed by atoms with E-state index in [0.29, 0.717) is 25.9 Å². The van der Waals surface area contributed by atoms with Crippen LogP contribution in [0.15, 0.2) is 0 Å². The molecular weight excluding hydrogens is 226 g/mol. The normalized spacial score (nSPS) is 9.71. The van der Waals surface area contributed by atoms with Crippen LogP contribution in [0.25, 0.3) is 0 Å². The van der Waals surface area contributed by atoms with Gasteiger partial charge in [-0.2, -0.15) is 0 Å². The molecule has 0 aromatic carbocycles. The van der Waals surface area contributed by atoms with Gasteiger partial charge in [-0.05, 0) is 19.8 Å². The predicted octanol–water partition coefficient (Wildman–Crippen LogP) is -0.242. The fraction of sp³-hybridized carbons (Fsp3) is 0.700. The SMILES string of the molecule is CCN(CC(N)=O)C(=O)NCCCCC(=O)O. The van der Waals surface area contributed by atoms with Crippen LogP contribution < -0.4 is 11.1 Å². The zero-order chi connectivity index (χ0) is 13.3. The van der Waals surface area contributed by atoms with Gasteiger partial charge in [0.25, 0.3) is 0 Å². The Kier molecular flexibility index (Phi) is 7.49. The molecule has 0 heterocycles. The van der Waals surface area contributed by atoms with Crippen LogP contribution in [0.5, 0.6) is 0 Å². The topological polar surface area (TPSA) is 113 Å². The van der Waals surface area contributed by atoms with E-state index in [9.17, 15) is 14.4 Å². The average Bonchev–Trinajstić information content (AvgIpc) is 2.24. The molecule has 4 N–H and O–H groups in total. The number of hydrogen-bond acceptors (Lipinski definition) is 3. The number of unbranched alkanes of at least 4 members (excludes halogenated alkanes) is 1. The molecule has 0 atom stereocenters. The third-order valence-corrected chi connectivity index (χ3v) is 2.11. The number of carboxylic acid groups (broad SMARTS) is 1. The third-order valence-electron chi connectivity index (χ3n) is 2.11. The largest absolute Gasteiger partial charge is 0.481 e. The summed E-state index contributed by atoms with van der Waals surface area (Å²) in [4.78, 5) is 33.7. The Bertz CT molecular complexity index is 281. The van der Waals surface area contributed by atoms with Gasteiger partial charge < -0.3 is 21.1 Å². The molecule has 0 bridgehead atoms. The van der Waals surface area contributed by atoms with Crippen LogP contribution in [0.3, 0.4) is 0 Å². The van der Waals surface area contributed by atoms with Crippen LogP contribution in [-0.2, 0) is 9.59 Å². The first-order chi connectivity index (χ1) is 7.97. The number of carbonyl (C=O) groups is 3. The minimum Gasteiger partial charge on any atom is -0.481 e. The molecule has 0 fully saturated rings. The Labute approximate surface area is 100.0 Å². The van der Waals surface area contributed by atoms with Gasteiger partial charge in [-0.1, -0.05) is 0 Å². The lowest BCUT2D eigenvalue weighted by molar-refractivity contribution is -0.137. The second kappa shape index (κ2) is 8.37. The van der Waals surface area contributed by atoms with Gasteiger partial charge in [0.1, 0.15) is 6.54 Å². The highest BCUT2D eigenvalue weighted by molar-refractivity contribution is 5.82. The molecule has 0 aromatic heterocycles. The summed E-state index contributed by atoms with van der Waals surface area (Å²) in [5.41, 5.74) is 4.99. The average molecular weight is 245 g/mol. The van der Waals surface area contributed by atoms with E-state index in [4.69, 9.17) is 10.8 Å². The quantitative estimate of drug-likeness (QED) is 0.512. The summed E-state index contributed by atoms with van der Waals surface area (Å²) in [6.07, 6.45) is 1.19. The molecule has 98 valence electrons. The van der Waals surface area contributed by atoms with E-state index >= 15 is 0 Å². The number of nitrogens with zero attached hydrogens (tertiary/aromatic N) is 1. The Hall–Kier alpha value is -1.79. The van der Waals surface area contributed by atoms with Crippen molar-refractivity contribution >= 4 is 17.9 Å². The van der Waals surface area contributed by atoms with E-state index in [1.165, 1.54) is 4.90 Å². The van der Waals surface area contributed by atoms with Gasteiger partial charge in [0.15, 0.2) is 0 Å². The zero-order valence-electron chi connectivity index (χ0n) is 9.94. The molecule has 7 heteroatoms. The summed E-state index contributed by atoms with van der Waals surface area (Å²) in [6.45, 7) is 2.41. The number of aliphatic carboxylic acids is 1. The van der Waals surface area contributed by atoms with E-state index in [0.717, 1.165) is 0 Å². The molecule has 0 radical (unpaired) electrons. The van der Waals surface area contributed by atoms with Crippen LogP contribution >= 0.6 is 0 Å². The van der Waals surface area contributed by atoms with Crippen LogP contribution in [0.1, 0.15) is 26.2 Å². The molecule has 0 spiro atoms. The molecule has 0 saturated carbocycles. The van der Waals surface area contributed by atoms with Crippen LogP contribution in [-0.4, -0.2) is 47.5 Å². The number of rotatable bonds is 8. The van der Waals surface area contributed by atoms with Crippen molar-refractivity contribution < 1.29 is 19.5 Å². The number of nitrogens with two attached hydrogens (primary N) is 1. The van der Waals surface area contributed by atoms with Crippen molar-refractivity contribution in [2.24, 2.45) is 5.73 Å². The molecule has 0 aliphatic carbocycles. The standard InChI is InChI=1S/C10H19N3O4/c1-2-13(7-8(11)14)10(17)12-6-4-3-5-9(15)16/h2-7H2,1H3,(H2,11,14)(H,12,17)(H,15,16). The van der Waals surface area contributed by atoms with Gasteiger partial charge in [-0.25, -0.2) is 4.79 Å². The maximum atomic E-state index is 11.5. The maximum absolute atomic E-state index is 11.5. The number of carboxylic acids is 1. The van der Waals surface area contributed by atoms with Gasteiger partial charge in [-0.15, -0.1) is 0 Å². The lowest BCUT2D eigenvalue weighted by Crippen LogP contribution is -2.44. The first-order valence-corrected chi connectivity index (χ1v) is 5.50. The number of carbonyl (C=O) groups excluding carboxylic acids is 2. The Morgan fingerprint density at radius 3 is 2.41 bits per heavy atom.